The first kappa shape index (κ1) is 12.8. The number of halogens is 1. The molecule has 1 atom stereocenters. The van der Waals surface area contributed by atoms with E-state index >= 15 is 0 Å². The molecule has 0 aliphatic rings. The Balaban J connectivity index is 2.56. The molecule has 0 heterocycles. The smallest absolute Gasteiger partial charge is 0.217 e. The van der Waals surface area contributed by atoms with Crippen LogP contribution in [0.3, 0.4) is 0 Å². The number of hydrogen-bond donors (Lipinski definition) is 1. The highest BCUT2D eigenvalue weighted by Crippen LogP contribution is 2.11. The summed E-state index contributed by atoms with van der Waals surface area (Å²) in [4.78, 5) is 10.6. The Morgan fingerprint density at radius 2 is 2.31 bits per heavy atom. The lowest BCUT2D eigenvalue weighted by atomic mass is 10.1. The molecule has 2 N–H and O–H groups in total. The summed E-state index contributed by atoms with van der Waals surface area (Å²) in [5.74, 6) is 6.10. The Morgan fingerprint density at radius 3 is 2.94 bits per heavy atom. The van der Waals surface area contributed by atoms with Crippen LogP contribution in [0.2, 0.25) is 0 Å². The van der Waals surface area contributed by atoms with E-state index in [1.807, 2.05) is 31.2 Å². The average Bonchev–Trinajstić information content (AvgIpc) is 2.23. The van der Waals surface area contributed by atoms with E-state index in [4.69, 9.17) is 5.73 Å². The van der Waals surface area contributed by atoms with E-state index in [1.165, 1.54) is 0 Å². The van der Waals surface area contributed by atoms with Crippen molar-refractivity contribution < 1.29 is 4.79 Å². The summed E-state index contributed by atoms with van der Waals surface area (Å²) in [5, 5.41) is 0. The van der Waals surface area contributed by atoms with Crippen LogP contribution in [0, 0.1) is 17.8 Å². The molecular weight excluding hydrogens is 266 g/mol. The molecule has 1 aromatic carbocycles. The van der Waals surface area contributed by atoms with E-state index in [2.05, 4.69) is 27.8 Å². The standard InChI is InChI=1S/C13H14BrNO/c1-10(6-8-13(15)16)5-7-11-3-2-4-12(14)9-11/h2-4,9-10H,6,8H2,1H3,(H2,15,16)/t10-/m1/s1. The number of rotatable bonds is 3. The quantitative estimate of drug-likeness (QED) is 0.850. The second kappa shape index (κ2) is 6.34. The van der Waals surface area contributed by atoms with Gasteiger partial charge < -0.3 is 5.73 Å². The third kappa shape index (κ3) is 4.99. The fourth-order valence-electron chi connectivity index (χ4n) is 1.20. The van der Waals surface area contributed by atoms with E-state index in [9.17, 15) is 4.79 Å². The van der Waals surface area contributed by atoms with E-state index in [0.29, 0.717) is 6.42 Å². The maximum absolute atomic E-state index is 10.6. The Morgan fingerprint density at radius 1 is 1.56 bits per heavy atom. The lowest BCUT2D eigenvalue weighted by Gasteiger charge is -2.00. The van der Waals surface area contributed by atoms with Crippen molar-refractivity contribution in [3.8, 4) is 11.8 Å². The molecule has 0 fully saturated rings. The number of primary amides is 1. The lowest BCUT2D eigenvalue weighted by Crippen LogP contribution is -2.11. The molecule has 0 bridgehead atoms. The van der Waals surface area contributed by atoms with Gasteiger partial charge in [-0.3, -0.25) is 4.79 Å². The minimum absolute atomic E-state index is 0.187. The molecule has 0 spiro atoms. The van der Waals surface area contributed by atoms with Gasteiger partial charge in [0.1, 0.15) is 0 Å². The summed E-state index contributed by atoms with van der Waals surface area (Å²) >= 11 is 3.39. The number of hydrogen-bond acceptors (Lipinski definition) is 1. The molecule has 0 radical (unpaired) electrons. The Hall–Kier alpha value is -1.27. The van der Waals surface area contributed by atoms with Crippen LogP contribution in [0.1, 0.15) is 25.3 Å². The number of benzene rings is 1. The minimum atomic E-state index is -0.267. The fourth-order valence-corrected chi connectivity index (χ4v) is 1.60. The molecule has 1 aromatic rings. The van der Waals surface area contributed by atoms with Gasteiger partial charge in [0.2, 0.25) is 5.91 Å². The van der Waals surface area contributed by atoms with Crippen molar-refractivity contribution in [3.05, 3.63) is 34.3 Å². The molecule has 84 valence electrons. The largest absolute Gasteiger partial charge is 0.370 e. The predicted molar refractivity (Wildman–Crippen MR) is 68.6 cm³/mol. The number of carbonyl (C=O) groups excluding carboxylic acids is 1. The fraction of sp³-hybridized carbons (Fsp3) is 0.308. The van der Waals surface area contributed by atoms with Gasteiger partial charge in [-0.15, -0.1) is 0 Å². The van der Waals surface area contributed by atoms with Crippen molar-refractivity contribution in [1.82, 2.24) is 0 Å². The van der Waals surface area contributed by atoms with Crippen LogP contribution < -0.4 is 5.73 Å². The molecule has 0 aliphatic carbocycles. The summed E-state index contributed by atoms with van der Waals surface area (Å²) in [5.41, 5.74) is 6.05. The van der Waals surface area contributed by atoms with Crippen LogP contribution in [0.5, 0.6) is 0 Å². The van der Waals surface area contributed by atoms with Crippen LogP contribution in [-0.2, 0) is 4.79 Å². The van der Waals surface area contributed by atoms with Gasteiger partial charge in [0.05, 0.1) is 0 Å². The highest BCUT2D eigenvalue weighted by atomic mass is 79.9. The number of carbonyl (C=O) groups is 1. The van der Waals surface area contributed by atoms with Gasteiger partial charge in [0.25, 0.3) is 0 Å². The highest BCUT2D eigenvalue weighted by Gasteiger charge is 2.00. The number of nitrogens with two attached hydrogens (primary N) is 1. The van der Waals surface area contributed by atoms with E-state index in [-0.39, 0.29) is 11.8 Å². The second-order valence-electron chi connectivity index (χ2n) is 3.69. The third-order valence-corrected chi connectivity index (χ3v) is 2.60. The molecule has 2 nitrogen and oxygen atoms in total. The van der Waals surface area contributed by atoms with Gasteiger partial charge in [0, 0.05) is 22.4 Å². The average molecular weight is 280 g/mol. The van der Waals surface area contributed by atoms with Crippen molar-refractivity contribution in [3.63, 3.8) is 0 Å². The summed E-state index contributed by atoms with van der Waals surface area (Å²) in [6.45, 7) is 1.99. The molecule has 0 saturated heterocycles. The summed E-state index contributed by atoms with van der Waals surface area (Å²) in [7, 11) is 0. The van der Waals surface area contributed by atoms with Gasteiger partial charge in [-0.2, -0.15) is 0 Å². The first-order valence-corrected chi connectivity index (χ1v) is 5.92. The van der Waals surface area contributed by atoms with Crippen LogP contribution >= 0.6 is 15.9 Å². The SMILES string of the molecule is C[C@H](C#Cc1cccc(Br)c1)CCC(N)=O. The first-order valence-electron chi connectivity index (χ1n) is 5.13. The summed E-state index contributed by atoms with van der Waals surface area (Å²) < 4.78 is 1.02. The topological polar surface area (TPSA) is 43.1 Å². The molecule has 0 unspecified atom stereocenters. The van der Waals surface area contributed by atoms with Crippen LogP contribution in [-0.4, -0.2) is 5.91 Å². The zero-order chi connectivity index (χ0) is 12.0. The van der Waals surface area contributed by atoms with Gasteiger partial charge in [-0.1, -0.05) is 40.8 Å². The normalized spacial score (nSPS) is 11.4. The molecule has 0 saturated carbocycles. The zero-order valence-corrected chi connectivity index (χ0v) is 10.8. The molecular formula is C13H14BrNO. The van der Waals surface area contributed by atoms with Crippen LogP contribution in [0.25, 0.3) is 0 Å². The van der Waals surface area contributed by atoms with Crippen LogP contribution in [0.4, 0.5) is 0 Å². The maximum atomic E-state index is 10.6. The molecule has 0 aromatic heterocycles. The van der Waals surface area contributed by atoms with Gasteiger partial charge >= 0.3 is 0 Å². The number of amides is 1. The second-order valence-corrected chi connectivity index (χ2v) is 4.60. The Bertz CT molecular complexity index is 431. The van der Waals surface area contributed by atoms with Crippen molar-refractivity contribution in [1.29, 1.82) is 0 Å². The molecule has 1 rings (SSSR count). The lowest BCUT2D eigenvalue weighted by molar-refractivity contribution is -0.118. The van der Waals surface area contributed by atoms with E-state index < -0.39 is 0 Å². The highest BCUT2D eigenvalue weighted by molar-refractivity contribution is 9.10. The Labute approximate surface area is 104 Å². The molecule has 16 heavy (non-hydrogen) atoms. The van der Waals surface area contributed by atoms with Crippen molar-refractivity contribution in [2.45, 2.75) is 19.8 Å². The molecule has 3 heteroatoms. The van der Waals surface area contributed by atoms with Gasteiger partial charge in [-0.25, -0.2) is 0 Å². The summed E-state index contributed by atoms with van der Waals surface area (Å²) in [6.07, 6.45) is 1.12. The monoisotopic (exact) mass is 279 g/mol. The summed E-state index contributed by atoms with van der Waals surface area (Å²) in [6, 6.07) is 7.83. The Kier molecular flexibility index (Phi) is 5.07. The molecule has 0 aliphatic heterocycles. The zero-order valence-electron chi connectivity index (χ0n) is 9.16. The predicted octanol–water partition coefficient (Wildman–Crippen LogP) is 2.70. The van der Waals surface area contributed by atoms with Crippen molar-refractivity contribution in [2.75, 3.05) is 0 Å². The van der Waals surface area contributed by atoms with Gasteiger partial charge in [0.15, 0.2) is 0 Å². The van der Waals surface area contributed by atoms with E-state index in [0.717, 1.165) is 16.5 Å². The maximum Gasteiger partial charge on any atom is 0.217 e. The minimum Gasteiger partial charge on any atom is -0.370 e. The van der Waals surface area contributed by atoms with E-state index in [1.54, 1.807) is 0 Å². The van der Waals surface area contributed by atoms with Crippen molar-refractivity contribution >= 4 is 21.8 Å². The van der Waals surface area contributed by atoms with Crippen molar-refractivity contribution in [2.24, 2.45) is 11.7 Å². The third-order valence-electron chi connectivity index (χ3n) is 2.11. The molecule has 1 amide bonds. The van der Waals surface area contributed by atoms with Gasteiger partial charge in [-0.05, 0) is 24.6 Å². The first-order chi connectivity index (χ1) is 7.58. The van der Waals surface area contributed by atoms with Crippen LogP contribution in [0.15, 0.2) is 28.7 Å².